The molecule has 0 aromatic heterocycles. The minimum Gasteiger partial charge on any atom is -0.327 e. The van der Waals surface area contributed by atoms with Gasteiger partial charge in [-0.1, -0.05) is 41.5 Å². The summed E-state index contributed by atoms with van der Waals surface area (Å²) in [5.41, 5.74) is 6.19. The molecule has 0 aromatic carbocycles. The molecule has 0 bridgehead atoms. The first-order chi connectivity index (χ1) is 7.31. The molecule has 0 spiro atoms. The monoisotopic (exact) mass is 228 g/mol. The molecular formula is C14H32N2. The summed E-state index contributed by atoms with van der Waals surface area (Å²) in [6.45, 7) is 17.0. The fourth-order valence-electron chi connectivity index (χ4n) is 2.27. The first-order valence-corrected chi connectivity index (χ1v) is 6.79. The van der Waals surface area contributed by atoms with Gasteiger partial charge in [0.15, 0.2) is 0 Å². The lowest BCUT2D eigenvalue weighted by Crippen LogP contribution is -2.41. The Morgan fingerprint density at radius 1 is 0.750 bits per heavy atom. The van der Waals surface area contributed by atoms with Crippen molar-refractivity contribution in [2.45, 2.75) is 54.0 Å². The van der Waals surface area contributed by atoms with Crippen LogP contribution in [0.4, 0.5) is 0 Å². The summed E-state index contributed by atoms with van der Waals surface area (Å²) in [7, 11) is 0. The van der Waals surface area contributed by atoms with E-state index in [2.05, 4.69) is 46.4 Å². The van der Waals surface area contributed by atoms with Crippen LogP contribution in [0.25, 0.3) is 0 Å². The van der Waals surface area contributed by atoms with Crippen molar-refractivity contribution in [3.63, 3.8) is 0 Å². The zero-order chi connectivity index (χ0) is 12.7. The van der Waals surface area contributed by atoms with Crippen molar-refractivity contribution in [2.75, 3.05) is 19.6 Å². The van der Waals surface area contributed by atoms with Gasteiger partial charge in [0.05, 0.1) is 0 Å². The van der Waals surface area contributed by atoms with Crippen molar-refractivity contribution in [1.29, 1.82) is 0 Å². The molecule has 0 aliphatic rings. The van der Waals surface area contributed by atoms with Crippen LogP contribution in [0.2, 0.25) is 0 Å². The second kappa shape index (κ2) is 8.08. The summed E-state index contributed by atoms with van der Waals surface area (Å²) in [5, 5.41) is 0. The van der Waals surface area contributed by atoms with Gasteiger partial charge in [-0.3, -0.25) is 0 Å². The van der Waals surface area contributed by atoms with E-state index in [0.29, 0.717) is 12.0 Å². The van der Waals surface area contributed by atoms with E-state index in [-0.39, 0.29) is 0 Å². The molecule has 1 atom stereocenters. The van der Waals surface area contributed by atoms with Crippen molar-refractivity contribution in [2.24, 2.45) is 23.5 Å². The van der Waals surface area contributed by atoms with Gasteiger partial charge >= 0.3 is 0 Å². The van der Waals surface area contributed by atoms with E-state index in [4.69, 9.17) is 5.73 Å². The van der Waals surface area contributed by atoms with Gasteiger partial charge in [-0.05, 0) is 24.2 Å². The summed E-state index contributed by atoms with van der Waals surface area (Å²) in [4.78, 5) is 2.53. The average Bonchev–Trinajstić information content (AvgIpc) is 1.97. The lowest BCUT2D eigenvalue weighted by atomic mass is 10.0. The Morgan fingerprint density at radius 3 is 1.50 bits per heavy atom. The molecule has 0 aromatic rings. The largest absolute Gasteiger partial charge is 0.327 e. The van der Waals surface area contributed by atoms with E-state index in [0.717, 1.165) is 24.8 Å². The molecule has 16 heavy (non-hydrogen) atoms. The Hall–Kier alpha value is -0.0800. The van der Waals surface area contributed by atoms with Crippen LogP contribution in [0, 0.1) is 17.8 Å². The Bertz CT molecular complexity index is 154. The minimum absolute atomic E-state index is 0.331. The summed E-state index contributed by atoms with van der Waals surface area (Å²) in [6.07, 6.45) is 1.13. The first kappa shape index (κ1) is 15.9. The minimum atomic E-state index is 0.331. The molecule has 0 saturated heterocycles. The molecule has 0 radical (unpaired) electrons. The van der Waals surface area contributed by atoms with E-state index in [1.165, 1.54) is 13.1 Å². The van der Waals surface area contributed by atoms with Gasteiger partial charge in [0.2, 0.25) is 0 Å². The topological polar surface area (TPSA) is 29.3 Å². The average molecular weight is 228 g/mol. The Kier molecular flexibility index (Phi) is 8.04. The molecule has 0 unspecified atom stereocenters. The zero-order valence-corrected chi connectivity index (χ0v) is 12.2. The lowest BCUT2D eigenvalue weighted by Gasteiger charge is -2.29. The van der Waals surface area contributed by atoms with E-state index < -0.39 is 0 Å². The number of hydrogen-bond donors (Lipinski definition) is 1. The molecule has 0 heterocycles. The van der Waals surface area contributed by atoms with Crippen LogP contribution in [0.3, 0.4) is 0 Å². The Labute approximate surface area is 103 Å². The van der Waals surface area contributed by atoms with Crippen LogP contribution in [0.5, 0.6) is 0 Å². The predicted molar refractivity (Wildman–Crippen MR) is 73.5 cm³/mol. The second-order valence-corrected chi connectivity index (χ2v) is 6.40. The third-order valence-corrected chi connectivity index (χ3v) is 2.51. The molecule has 2 heteroatoms. The van der Waals surface area contributed by atoms with Gasteiger partial charge in [-0.15, -0.1) is 0 Å². The van der Waals surface area contributed by atoms with E-state index in [1.54, 1.807) is 0 Å². The van der Waals surface area contributed by atoms with E-state index >= 15 is 0 Å². The fraction of sp³-hybridized carbons (Fsp3) is 1.00. The van der Waals surface area contributed by atoms with Crippen LogP contribution in [-0.4, -0.2) is 30.6 Å². The lowest BCUT2D eigenvalue weighted by molar-refractivity contribution is 0.200. The SMILES string of the molecule is CC(C)C[C@H](N)CN(CC(C)C)CC(C)C. The molecule has 0 amide bonds. The predicted octanol–water partition coefficient (Wildman–Crippen LogP) is 2.97. The maximum Gasteiger partial charge on any atom is 0.0170 e. The van der Waals surface area contributed by atoms with E-state index in [1.807, 2.05) is 0 Å². The fourth-order valence-corrected chi connectivity index (χ4v) is 2.27. The summed E-state index contributed by atoms with van der Waals surface area (Å²) in [5.74, 6) is 2.16. The van der Waals surface area contributed by atoms with Crippen molar-refractivity contribution in [3.8, 4) is 0 Å². The smallest absolute Gasteiger partial charge is 0.0170 e. The van der Waals surface area contributed by atoms with Crippen LogP contribution < -0.4 is 5.73 Å². The zero-order valence-electron chi connectivity index (χ0n) is 12.2. The quantitative estimate of drug-likeness (QED) is 0.692. The number of nitrogens with two attached hydrogens (primary N) is 1. The normalized spacial score (nSPS) is 14.4. The standard InChI is InChI=1S/C14H32N2/c1-11(2)7-14(15)10-16(8-12(3)4)9-13(5)6/h11-14H,7-10,15H2,1-6H3/t14-/m0/s1. The third kappa shape index (κ3) is 9.17. The van der Waals surface area contributed by atoms with Crippen molar-refractivity contribution < 1.29 is 0 Å². The van der Waals surface area contributed by atoms with Crippen LogP contribution in [0.1, 0.15) is 48.0 Å². The molecule has 2 nitrogen and oxygen atoms in total. The molecule has 98 valence electrons. The number of rotatable bonds is 8. The van der Waals surface area contributed by atoms with Crippen LogP contribution in [-0.2, 0) is 0 Å². The molecule has 0 saturated carbocycles. The number of hydrogen-bond acceptors (Lipinski definition) is 2. The highest BCUT2D eigenvalue weighted by Crippen LogP contribution is 2.08. The van der Waals surface area contributed by atoms with Gasteiger partial charge in [0, 0.05) is 25.7 Å². The molecule has 0 aliphatic carbocycles. The molecule has 0 aliphatic heterocycles. The summed E-state index contributed by atoms with van der Waals surface area (Å²) < 4.78 is 0. The Balaban J connectivity index is 4.08. The highest BCUT2D eigenvalue weighted by atomic mass is 15.1. The third-order valence-electron chi connectivity index (χ3n) is 2.51. The van der Waals surface area contributed by atoms with Gasteiger partial charge in [-0.2, -0.15) is 0 Å². The molecule has 0 fully saturated rings. The molecule has 0 rings (SSSR count). The van der Waals surface area contributed by atoms with Gasteiger partial charge in [-0.25, -0.2) is 0 Å². The first-order valence-electron chi connectivity index (χ1n) is 6.79. The van der Waals surface area contributed by atoms with E-state index in [9.17, 15) is 0 Å². The molecular weight excluding hydrogens is 196 g/mol. The second-order valence-electron chi connectivity index (χ2n) is 6.40. The highest BCUT2D eigenvalue weighted by Gasteiger charge is 2.14. The summed E-state index contributed by atoms with van der Waals surface area (Å²) in [6, 6.07) is 0.331. The van der Waals surface area contributed by atoms with Crippen LogP contribution >= 0.6 is 0 Å². The Morgan fingerprint density at radius 2 is 1.19 bits per heavy atom. The number of nitrogens with zero attached hydrogens (tertiary/aromatic N) is 1. The highest BCUT2D eigenvalue weighted by molar-refractivity contribution is 4.71. The van der Waals surface area contributed by atoms with Gasteiger partial charge < -0.3 is 10.6 Å². The van der Waals surface area contributed by atoms with Crippen molar-refractivity contribution >= 4 is 0 Å². The van der Waals surface area contributed by atoms with Crippen molar-refractivity contribution in [1.82, 2.24) is 4.90 Å². The maximum absolute atomic E-state index is 6.19. The van der Waals surface area contributed by atoms with Gasteiger partial charge in [0.25, 0.3) is 0 Å². The van der Waals surface area contributed by atoms with Crippen LogP contribution in [0.15, 0.2) is 0 Å². The maximum atomic E-state index is 6.19. The molecule has 2 N–H and O–H groups in total. The van der Waals surface area contributed by atoms with Gasteiger partial charge in [0.1, 0.15) is 0 Å². The van der Waals surface area contributed by atoms with Crippen molar-refractivity contribution in [3.05, 3.63) is 0 Å². The summed E-state index contributed by atoms with van der Waals surface area (Å²) >= 11 is 0.